The Labute approximate surface area is 439 Å². The van der Waals surface area contributed by atoms with Crippen LogP contribution < -0.4 is 0 Å². The van der Waals surface area contributed by atoms with Crippen molar-refractivity contribution in [1.29, 1.82) is 0 Å². The minimum atomic E-state index is -2.23. The molecule has 23 N–H and O–H groups in total. The molecule has 7 saturated heterocycles. The maximum absolute atomic E-state index is 11.3. The van der Waals surface area contributed by atoms with Crippen molar-refractivity contribution in [1.82, 2.24) is 0 Å². The summed E-state index contributed by atoms with van der Waals surface area (Å²) < 4.78 is 71.9. The van der Waals surface area contributed by atoms with E-state index in [4.69, 9.17) is 61.6 Å². The smallest absolute Gasteiger partial charge is 0.187 e. The molecule has 0 spiro atoms. The number of rotatable bonds is 19. The fraction of sp³-hybridized carbons (Fsp3) is 1.00. The molecule has 0 aromatic heterocycles. The molecule has 0 radical (unpaired) electrons. The molecule has 0 aromatic carbocycles. The number of hydrogen-bond acceptors (Lipinski definition) is 36. The molecular formula is C42H72O36. The van der Waals surface area contributed by atoms with E-state index in [0.717, 1.165) is 0 Å². The van der Waals surface area contributed by atoms with E-state index < -0.39 is 261 Å². The molecule has 0 saturated carbocycles. The summed E-state index contributed by atoms with van der Waals surface area (Å²) in [5, 5.41) is 243. The molecule has 456 valence electrons. The third-order valence-corrected chi connectivity index (χ3v) is 14.5. The van der Waals surface area contributed by atoms with Gasteiger partial charge in [-0.3, -0.25) is 0 Å². The molecule has 7 heterocycles. The summed E-state index contributed by atoms with van der Waals surface area (Å²) in [7, 11) is 0. The summed E-state index contributed by atoms with van der Waals surface area (Å²) in [6.07, 6.45) is -67.4. The molecule has 36 nitrogen and oxygen atoms in total. The molecule has 7 aliphatic rings. The minimum absolute atomic E-state index is 0.843. The van der Waals surface area contributed by atoms with Crippen LogP contribution in [0, 0.1) is 0 Å². The number of aliphatic hydroxyl groups excluding tert-OH is 23. The zero-order valence-corrected chi connectivity index (χ0v) is 40.8. The van der Waals surface area contributed by atoms with Gasteiger partial charge in [-0.1, -0.05) is 0 Å². The van der Waals surface area contributed by atoms with Gasteiger partial charge in [-0.15, -0.1) is 0 Å². The first kappa shape index (κ1) is 64.1. The fourth-order valence-electron chi connectivity index (χ4n) is 10.0. The van der Waals surface area contributed by atoms with E-state index >= 15 is 0 Å². The average molecular weight is 1150 g/mol. The lowest BCUT2D eigenvalue weighted by Gasteiger charge is -2.50. The Bertz CT molecular complexity index is 1810. The quantitative estimate of drug-likeness (QED) is 0.0571. The van der Waals surface area contributed by atoms with Crippen LogP contribution in [0.15, 0.2) is 0 Å². The van der Waals surface area contributed by atoms with E-state index in [1.807, 2.05) is 0 Å². The van der Waals surface area contributed by atoms with E-state index in [-0.39, 0.29) is 0 Å². The first-order valence-corrected chi connectivity index (χ1v) is 24.7. The van der Waals surface area contributed by atoms with Crippen molar-refractivity contribution >= 4 is 0 Å². The maximum atomic E-state index is 11.3. The van der Waals surface area contributed by atoms with Crippen LogP contribution in [0.2, 0.25) is 0 Å². The second-order valence-electron chi connectivity index (χ2n) is 19.6. The molecule has 7 rings (SSSR count). The molecule has 78 heavy (non-hydrogen) atoms. The summed E-state index contributed by atoms with van der Waals surface area (Å²) in [6.45, 7) is -6.86. The largest absolute Gasteiger partial charge is 0.394 e. The van der Waals surface area contributed by atoms with Crippen LogP contribution in [0.1, 0.15) is 0 Å². The first-order chi connectivity index (χ1) is 37.0. The predicted octanol–water partition coefficient (Wildman–Crippen LogP) is -16.3. The lowest BCUT2D eigenvalue weighted by atomic mass is 9.95. The van der Waals surface area contributed by atoms with Gasteiger partial charge in [0.05, 0.1) is 46.2 Å². The summed E-state index contributed by atoms with van der Waals surface area (Å²) in [5.74, 6) is 0. The standard InChI is InChI=1S/C42H72O36/c43-1-8-15(50)16(51)24(59)37(67-8)74-31-10(3-45)69-39(26(61)18(31)53)76-33-12(5-47)71-41(28(63)20(33)55)78-35-14(7-49)72-42(29(64)22(35)57)77-34-13(6-48)70-40(27(62)21(34)56)75-32-11(4-46)68-38(25(60)19(32)54)73-30-9(2-44)66-36(65)23(58)17(30)52/h8-65H,1-7H2/t8-,9+,10-,11+,12-,13+,14+,15+,16-,17-,18+,19-,20+,21-,22-,23-,24?,25-,26?,27-,28?,29-,30+,31+,32+,33+,34+,35+,36-,37+,38+,39+,40+,41+,42+/m0/s1. The third kappa shape index (κ3) is 12.9. The van der Waals surface area contributed by atoms with Crippen LogP contribution in [-0.2, 0) is 61.6 Å². The van der Waals surface area contributed by atoms with Crippen molar-refractivity contribution in [2.24, 2.45) is 0 Å². The summed E-state index contributed by atoms with van der Waals surface area (Å²) in [4.78, 5) is 0. The Kier molecular flexibility index (Phi) is 22.6. The number of hydrogen-bond donors (Lipinski definition) is 23. The summed E-state index contributed by atoms with van der Waals surface area (Å²) in [6, 6.07) is 0. The SMILES string of the molecule is OC[C@@H]1O[C@H](O[C@@H]2[C@H](CO)O[C@H](O[C@@H]3[C@H](CO)O[C@H](O[C@H]4[C@@H](O)[C@H](O)[C@@H](O[C@H]5[C@@H](O)[C@H](O)[C@@H](O[C@H]6[C@@H](O)[C@H](O)[C@@H](O[C@H]7[C@@H](O)[C@H](O)[C@@H](O)O[C@@H]7CO)O[C@@H]6CO)O[C@@H]5CO)O[C@@H]4CO)C(O)[C@H]3O)C(O)[C@H]2O)C(O)[C@@H](O)[C@@H]1O. The van der Waals surface area contributed by atoms with Gasteiger partial charge in [0.25, 0.3) is 0 Å². The molecular weight excluding hydrogens is 1080 g/mol. The fourth-order valence-corrected chi connectivity index (χ4v) is 10.0. The normalized spacial score (nSPS) is 53.5. The van der Waals surface area contributed by atoms with Crippen molar-refractivity contribution in [3.05, 3.63) is 0 Å². The minimum Gasteiger partial charge on any atom is -0.394 e. The number of aliphatic hydroxyl groups is 23. The third-order valence-electron chi connectivity index (χ3n) is 14.5. The van der Waals surface area contributed by atoms with Gasteiger partial charge in [-0.25, -0.2) is 0 Å². The van der Waals surface area contributed by atoms with E-state index in [0.29, 0.717) is 0 Å². The Morgan fingerprint density at radius 1 is 0.192 bits per heavy atom. The highest BCUT2D eigenvalue weighted by atomic mass is 16.8. The van der Waals surface area contributed by atoms with Crippen LogP contribution in [0.25, 0.3) is 0 Å². The molecule has 0 amide bonds. The maximum Gasteiger partial charge on any atom is 0.187 e. The average Bonchev–Trinajstić information content (AvgIpc) is 3.44. The van der Waals surface area contributed by atoms with E-state index in [9.17, 15) is 117 Å². The Balaban J connectivity index is 0.947. The molecule has 3 unspecified atom stereocenters. The van der Waals surface area contributed by atoms with Gasteiger partial charge in [0, 0.05) is 0 Å². The Morgan fingerprint density at radius 3 is 0.590 bits per heavy atom. The van der Waals surface area contributed by atoms with Gasteiger partial charge in [0.1, 0.15) is 171 Å². The predicted molar refractivity (Wildman–Crippen MR) is 232 cm³/mol. The van der Waals surface area contributed by atoms with Gasteiger partial charge in [0.2, 0.25) is 0 Å². The van der Waals surface area contributed by atoms with E-state index in [2.05, 4.69) is 0 Å². The molecule has 7 aliphatic heterocycles. The monoisotopic (exact) mass is 1150 g/mol. The van der Waals surface area contributed by atoms with Crippen LogP contribution in [0.5, 0.6) is 0 Å². The summed E-state index contributed by atoms with van der Waals surface area (Å²) in [5.41, 5.74) is 0. The lowest BCUT2D eigenvalue weighted by molar-refractivity contribution is -0.398. The van der Waals surface area contributed by atoms with Crippen LogP contribution >= 0.6 is 0 Å². The van der Waals surface area contributed by atoms with Crippen molar-refractivity contribution in [2.75, 3.05) is 46.2 Å². The summed E-state index contributed by atoms with van der Waals surface area (Å²) >= 11 is 0. The number of ether oxygens (including phenoxy) is 13. The Hall–Kier alpha value is -1.44. The molecule has 0 aliphatic carbocycles. The molecule has 0 bridgehead atoms. The molecule has 36 heteroatoms. The van der Waals surface area contributed by atoms with Crippen molar-refractivity contribution in [2.45, 2.75) is 215 Å². The second-order valence-corrected chi connectivity index (χ2v) is 19.6. The van der Waals surface area contributed by atoms with Crippen molar-refractivity contribution < 1.29 is 179 Å². The molecule has 7 fully saturated rings. The highest BCUT2D eigenvalue weighted by Crippen LogP contribution is 2.37. The Morgan fingerprint density at radius 2 is 0.372 bits per heavy atom. The second kappa shape index (κ2) is 27.5. The highest BCUT2D eigenvalue weighted by Gasteiger charge is 2.58. The lowest BCUT2D eigenvalue weighted by Crippen LogP contribution is -2.68. The van der Waals surface area contributed by atoms with Crippen LogP contribution in [-0.4, -0.2) is 379 Å². The van der Waals surface area contributed by atoms with Gasteiger partial charge in [-0.05, 0) is 0 Å². The first-order valence-electron chi connectivity index (χ1n) is 24.7. The zero-order chi connectivity index (χ0) is 57.3. The zero-order valence-electron chi connectivity index (χ0n) is 40.8. The highest BCUT2D eigenvalue weighted by molar-refractivity contribution is 5.01. The van der Waals surface area contributed by atoms with E-state index in [1.54, 1.807) is 0 Å². The van der Waals surface area contributed by atoms with Crippen LogP contribution in [0.4, 0.5) is 0 Å². The topological polar surface area (TPSA) is 585 Å². The molecule has 0 aromatic rings. The van der Waals surface area contributed by atoms with Gasteiger partial charge >= 0.3 is 0 Å². The van der Waals surface area contributed by atoms with E-state index in [1.165, 1.54) is 0 Å². The van der Waals surface area contributed by atoms with Crippen molar-refractivity contribution in [3.8, 4) is 0 Å². The van der Waals surface area contributed by atoms with Crippen LogP contribution in [0.3, 0.4) is 0 Å². The van der Waals surface area contributed by atoms with Gasteiger partial charge < -0.3 is 179 Å². The molecule has 35 atom stereocenters. The van der Waals surface area contributed by atoms with Gasteiger partial charge in [-0.2, -0.15) is 0 Å². The van der Waals surface area contributed by atoms with Gasteiger partial charge in [0.15, 0.2) is 44.0 Å². The van der Waals surface area contributed by atoms with Crippen molar-refractivity contribution in [3.63, 3.8) is 0 Å².